The fraction of sp³-hybridized carbons (Fsp3) is 0.500. The van der Waals surface area contributed by atoms with Crippen molar-refractivity contribution >= 4 is 11.6 Å². The Balaban J connectivity index is 1.56. The summed E-state index contributed by atoms with van der Waals surface area (Å²) in [6.45, 7) is 4.23. The lowest BCUT2D eigenvalue weighted by atomic mass is 9.89. The number of carbonyl (C=O) groups excluding carboxylic acids is 1. The van der Waals surface area contributed by atoms with Gasteiger partial charge in [0.15, 0.2) is 0 Å². The van der Waals surface area contributed by atoms with Gasteiger partial charge in [-0.2, -0.15) is 5.10 Å². The fourth-order valence-electron chi connectivity index (χ4n) is 3.19. The maximum Gasteiger partial charge on any atom is 0.250 e. The van der Waals surface area contributed by atoms with E-state index in [9.17, 15) is 4.79 Å². The van der Waals surface area contributed by atoms with Crippen LogP contribution in [0.1, 0.15) is 38.4 Å². The number of nitrogens with zero attached hydrogens (tertiary/aromatic N) is 3. The molecule has 0 bridgehead atoms. The van der Waals surface area contributed by atoms with E-state index in [0.29, 0.717) is 5.92 Å². The summed E-state index contributed by atoms with van der Waals surface area (Å²) in [5.41, 5.74) is 1.60. The van der Waals surface area contributed by atoms with Crippen molar-refractivity contribution < 1.29 is 9.53 Å². The van der Waals surface area contributed by atoms with Gasteiger partial charge in [-0.1, -0.05) is 25.8 Å². The molecule has 1 amide bonds. The monoisotopic (exact) mass is 328 g/mol. The number of carbonyl (C=O) groups is 1. The topological polar surface area (TPSA) is 69.0 Å². The van der Waals surface area contributed by atoms with Crippen LogP contribution in [-0.2, 0) is 9.53 Å². The molecule has 1 fully saturated rings. The summed E-state index contributed by atoms with van der Waals surface area (Å²) in [7, 11) is 0. The van der Waals surface area contributed by atoms with Gasteiger partial charge in [-0.15, -0.1) is 0 Å². The molecule has 1 saturated carbocycles. The molecule has 6 nitrogen and oxygen atoms in total. The van der Waals surface area contributed by atoms with Crippen LogP contribution >= 0.6 is 0 Å². The Morgan fingerprint density at radius 1 is 1.42 bits per heavy atom. The van der Waals surface area contributed by atoms with Gasteiger partial charge in [0.05, 0.1) is 11.8 Å². The lowest BCUT2D eigenvalue weighted by Crippen LogP contribution is -2.27. The Labute approximate surface area is 142 Å². The number of anilines is 1. The van der Waals surface area contributed by atoms with Crippen LogP contribution in [0.5, 0.6) is 0 Å². The van der Waals surface area contributed by atoms with E-state index in [0.717, 1.165) is 30.0 Å². The van der Waals surface area contributed by atoms with Gasteiger partial charge in [0.2, 0.25) is 5.91 Å². The van der Waals surface area contributed by atoms with Crippen LogP contribution in [0.4, 0.5) is 5.69 Å². The predicted molar refractivity (Wildman–Crippen MR) is 92.1 cm³/mol. The highest BCUT2D eigenvalue weighted by Gasteiger charge is 2.20. The van der Waals surface area contributed by atoms with Gasteiger partial charge in [-0.05, 0) is 43.9 Å². The third kappa shape index (κ3) is 4.20. The quantitative estimate of drug-likeness (QED) is 0.915. The number of hydrogen-bond acceptors (Lipinski definition) is 4. The van der Waals surface area contributed by atoms with Crippen LogP contribution in [0.3, 0.4) is 0 Å². The summed E-state index contributed by atoms with van der Waals surface area (Å²) >= 11 is 0. The molecule has 6 heteroatoms. The Bertz CT molecular complexity index is 698. The fourth-order valence-corrected chi connectivity index (χ4v) is 3.19. The highest BCUT2D eigenvalue weighted by atomic mass is 16.5. The minimum absolute atomic E-state index is 0.101. The molecule has 1 N–H and O–H groups in total. The van der Waals surface area contributed by atoms with Crippen molar-refractivity contribution in [3.63, 3.8) is 0 Å². The molecule has 128 valence electrons. The Hall–Kier alpha value is -2.21. The molecule has 0 spiro atoms. The van der Waals surface area contributed by atoms with Crippen molar-refractivity contribution in [1.82, 2.24) is 14.8 Å². The summed E-state index contributed by atoms with van der Waals surface area (Å²) < 4.78 is 7.50. The molecular weight excluding hydrogens is 304 g/mol. The summed E-state index contributed by atoms with van der Waals surface area (Å²) in [4.78, 5) is 16.2. The zero-order chi connectivity index (χ0) is 16.9. The van der Waals surface area contributed by atoms with E-state index in [1.54, 1.807) is 4.68 Å². The summed E-state index contributed by atoms with van der Waals surface area (Å²) in [5, 5.41) is 7.07. The second kappa shape index (κ2) is 7.57. The molecule has 2 aromatic rings. The maximum atomic E-state index is 12.1. The number of benzene rings is 1. The molecule has 1 aliphatic rings. The molecular formula is C18H24N4O2. The van der Waals surface area contributed by atoms with Gasteiger partial charge in [0.1, 0.15) is 18.8 Å². The lowest BCUT2D eigenvalue weighted by Gasteiger charge is -2.26. The maximum absolute atomic E-state index is 12.1. The largest absolute Gasteiger partial charge is 0.368 e. The third-order valence-corrected chi connectivity index (χ3v) is 4.43. The van der Waals surface area contributed by atoms with E-state index >= 15 is 0 Å². The molecule has 2 atom stereocenters. The molecule has 1 aromatic heterocycles. The molecule has 1 aliphatic carbocycles. The Morgan fingerprint density at radius 3 is 3.04 bits per heavy atom. The molecule has 1 aromatic carbocycles. The first-order valence-electron chi connectivity index (χ1n) is 8.50. The number of nitrogens with one attached hydrogen (secondary N) is 1. The Kier molecular flexibility index (Phi) is 5.25. The SMILES string of the molecule is Cc1ncnn1-c1cccc(NC(=O)COC2CCCC(C)C2)c1. The second-order valence-electron chi connectivity index (χ2n) is 6.52. The van der Waals surface area contributed by atoms with E-state index in [4.69, 9.17) is 4.74 Å². The van der Waals surface area contributed by atoms with E-state index < -0.39 is 0 Å². The van der Waals surface area contributed by atoms with Gasteiger partial charge < -0.3 is 10.1 Å². The normalized spacial score (nSPS) is 20.8. The average Bonchev–Trinajstić information content (AvgIpc) is 2.99. The van der Waals surface area contributed by atoms with Gasteiger partial charge in [0.25, 0.3) is 0 Å². The van der Waals surface area contributed by atoms with Crippen molar-refractivity contribution in [2.45, 2.75) is 45.6 Å². The molecule has 24 heavy (non-hydrogen) atoms. The first-order chi connectivity index (χ1) is 11.6. The smallest absolute Gasteiger partial charge is 0.250 e. The van der Waals surface area contributed by atoms with Gasteiger partial charge >= 0.3 is 0 Å². The van der Waals surface area contributed by atoms with E-state index in [1.165, 1.54) is 19.2 Å². The zero-order valence-electron chi connectivity index (χ0n) is 14.2. The van der Waals surface area contributed by atoms with Crippen LogP contribution in [0.2, 0.25) is 0 Å². The summed E-state index contributed by atoms with van der Waals surface area (Å²) in [6.07, 6.45) is 6.28. The van der Waals surface area contributed by atoms with Crippen molar-refractivity contribution in [3.8, 4) is 5.69 Å². The van der Waals surface area contributed by atoms with Crippen molar-refractivity contribution in [2.24, 2.45) is 5.92 Å². The molecule has 3 rings (SSSR count). The third-order valence-electron chi connectivity index (χ3n) is 4.43. The molecule has 0 saturated heterocycles. The van der Waals surface area contributed by atoms with Gasteiger partial charge in [0, 0.05) is 5.69 Å². The van der Waals surface area contributed by atoms with Crippen molar-refractivity contribution in [3.05, 3.63) is 36.4 Å². The number of ether oxygens (including phenoxy) is 1. The first kappa shape index (κ1) is 16.6. The molecule has 0 radical (unpaired) electrons. The summed E-state index contributed by atoms with van der Waals surface area (Å²) in [5.74, 6) is 1.36. The zero-order valence-corrected chi connectivity index (χ0v) is 14.2. The highest BCUT2D eigenvalue weighted by molar-refractivity contribution is 5.91. The van der Waals surface area contributed by atoms with E-state index in [-0.39, 0.29) is 18.6 Å². The van der Waals surface area contributed by atoms with E-state index in [2.05, 4.69) is 22.3 Å². The van der Waals surface area contributed by atoms with E-state index in [1.807, 2.05) is 31.2 Å². The first-order valence-corrected chi connectivity index (χ1v) is 8.50. The second-order valence-corrected chi connectivity index (χ2v) is 6.52. The number of hydrogen-bond donors (Lipinski definition) is 1. The van der Waals surface area contributed by atoms with Crippen LogP contribution in [0, 0.1) is 12.8 Å². The van der Waals surface area contributed by atoms with Crippen molar-refractivity contribution in [1.29, 1.82) is 0 Å². The number of aryl methyl sites for hydroxylation is 1. The van der Waals surface area contributed by atoms with Crippen LogP contribution < -0.4 is 5.32 Å². The van der Waals surface area contributed by atoms with Crippen molar-refractivity contribution in [2.75, 3.05) is 11.9 Å². The molecule has 2 unspecified atom stereocenters. The van der Waals surface area contributed by atoms with Crippen LogP contribution in [0.15, 0.2) is 30.6 Å². The minimum Gasteiger partial charge on any atom is -0.368 e. The summed E-state index contributed by atoms with van der Waals surface area (Å²) in [6, 6.07) is 7.55. The highest BCUT2D eigenvalue weighted by Crippen LogP contribution is 2.25. The van der Waals surface area contributed by atoms with Gasteiger partial charge in [-0.25, -0.2) is 9.67 Å². The number of amides is 1. The standard InChI is InChI=1S/C18H24N4O2/c1-13-5-3-8-17(9-13)24-11-18(23)21-15-6-4-7-16(10-15)22-14(2)19-12-20-22/h4,6-7,10,12-13,17H,3,5,8-9,11H2,1-2H3,(H,21,23). The lowest BCUT2D eigenvalue weighted by molar-refractivity contribution is -0.123. The minimum atomic E-state index is -0.124. The Morgan fingerprint density at radius 2 is 2.29 bits per heavy atom. The molecule has 0 aliphatic heterocycles. The van der Waals surface area contributed by atoms with Crippen LogP contribution in [-0.4, -0.2) is 33.4 Å². The van der Waals surface area contributed by atoms with Crippen LogP contribution in [0.25, 0.3) is 5.69 Å². The number of rotatable bonds is 5. The van der Waals surface area contributed by atoms with Gasteiger partial charge in [-0.3, -0.25) is 4.79 Å². The average molecular weight is 328 g/mol. The number of aromatic nitrogens is 3. The predicted octanol–water partition coefficient (Wildman–Crippen LogP) is 3.11. The molecule has 1 heterocycles.